The molecule has 0 bridgehead atoms. The molecule has 1 aliphatic rings. The summed E-state index contributed by atoms with van der Waals surface area (Å²) in [5, 5.41) is 32.4. The molecule has 0 saturated carbocycles. The van der Waals surface area contributed by atoms with Crippen molar-refractivity contribution < 1.29 is 29.6 Å². The number of benzene rings is 2. The summed E-state index contributed by atoms with van der Waals surface area (Å²) < 4.78 is 11.0. The third kappa shape index (κ3) is 6.12. The van der Waals surface area contributed by atoms with E-state index in [1.54, 1.807) is 6.92 Å². The number of carbonyl (C=O) groups is 1. The van der Waals surface area contributed by atoms with Crippen LogP contribution in [0.5, 0.6) is 0 Å². The van der Waals surface area contributed by atoms with Gasteiger partial charge in [-0.1, -0.05) is 67.6 Å². The Kier molecular flexibility index (Phi) is 8.57. The minimum atomic E-state index is -1.21. The molecule has 1 aliphatic heterocycles. The van der Waals surface area contributed by atoms with Gasteiger partial charge in [0, 0.05) is 24.8 Å². The molecule has 1 amide bonds. The number of aliphatic hydroxyl groups is 3. The molecule has 7 heteroatoms. The van der Waals surface area contributed by atoms with E-state index in [0.29, 0.717) is 6.42 Å². The molecule has 1 fully saturated rings. The second-order valence-corrected chi connectivity index (χ2v) is 7.86. The molecule has 0 aromatic heterocycles. The van der Waals surface area contributed by atoms with Crippen molar-refractivity contribution in [3.8, 4) is 0 Å². The van der Waals surface area contributed by atoms with Crippen molar-refractivity contribution in [3.63, 3.8) is 0 Å². The van der Waals surface area contributed by atoms with Crippen LogP contribution in [-0.2, 0) is 14.3 Å². The molecular formula is C24H31NO6. The number of nitrogens with one attached hydrogen (secondary N) is 1. The Morgan fingerprint density at radius 1 is 1.03 bits per heavy atom. The maximum Gasteiger partial charge on any atom is 0.221 e. The van der Waals surface area contributed by atoms with Gasteiger partial charge in [-0.2, -0.15) is 0 Å². The summed E-state index contributed by atoms with van der Waals surface area (Å²) in [5.41, 5.74) is 2.13. The first-order valence-electron chi connectivity index (χ1n) is 10.6. The summed E-state index contributed by atoms with van der Waals surface area (Å²) in [7, 11) is 0. The van der Waals surface area contributed by atoms with Crippen molar-refractivity contribution in [3.05, 3.63) is 71.8 Å². The first kappa shape index (κ1) is 23.4. The quantitative estimate of drug-likeness (QED) is 0.449. The van der Waals surface area contributed by atoms with E-state index in [2.05, 4.69) is 5.32 Å². The van der Waals surface area contributed by atoms with E-state index < -0.39 is 30.5 Å². The molecule has 2 aromatic carbocycles. The lowest BCUT2D eigenvalue weighted by Crippen LogP contribution is -2.55. The van der Waals surface area contributed by atoms with Crippen LogP contribution in [0.15, 0.2) is 60.7 Å². The van der Waals surface area contributed by atoms with Gasteiger partial charge in [0.25, 0.3) is 0 Å². The number of ether oxygens (including phenoxy) is 2. The zero-order chi connectivity index (χ0) is 22.2. The summed E-state index contributed by atoms with van der Waals surface area (Å²) in [6.45, 7) is 1.76. The summed E-state index contributed by atoms with van der Waals surface area (Å²) >= 11 is 0. The van der Waals surface area contributed by atoms with Gasteiger partial charge >= 0.3 is 0 Å². The van der Waals surface area contributed by atoms with Crippen molar-refractivity contribution in [1.82, 2.24) is 5.32 Å². The Bertz CT molecular complexity index is 761. The van der Waals surface area contributed by atoms with Crippen LogP contribution in [0.25, 0.3) is 0 Å². The minimum Gasteiger partial charge on any atom is -0.394 e. The van der Waals surface area contributed by atoms with Crippen molar-refractivity contribution in [2.75, 3.05) is 19.8 Å². The molecule has 0 radical (unpaired) electrons. The highest BCUT2D eigenvalue weighted by atomic mass is 16.7. The van der Waals surface area contributed by atoms with E-state index in [4.69, 9.17) is 9.47 Å². The van der Waals surface area contributed by atoms with E-state index in [1.807, 2.05) is 60.7 Å². The Hall–Kier alpha value is -2.29. The molecule has 2 aromatic rings. The lowest BCUT2D eigenvalue weighted by molar-refractivity contribution is -0.287. The molecule has 0 aliphatic carbocycles. The minimum absolute atomic E-state index is 0.0613. The van der Waals surface area contributed by atoms with Crippen LogP contribution in [0.2, 0.25) is 0 Å². The molecule has 3 rings (SSSR count). The highest BCUT2D eigenvalue weighted by molar-refractivity contribution is 5.77. The maximum absolute atomic E-state index is 12.6. The van der Waals surface area contributed by atoms with E-state index in [0.717, 1.165) is 11.1 Å². The summed E-state index contributed by atoms with van der Waals surface area (Å²) in [6, 6.07) is 19.8. The van der Waals surface area contributed by atoms with Crippen molar-refractivity contribution in [2.45, 2.75) is 43.9 Å². The predicted molar refractivity (Wildman–Crippen MR) is 115 cm³/mol. The second kappa shape index (κ2) is 11.4. The van der Waals surface area contributed by atoms with E-state index in [1.165, 1.54) is 0 Å². The van der Waals surface area contributed by atoms with Crippen LogP contribution in [0.4, 0.5) is 0 Å². The van der Waals surface area contributed by atoms with Gasteiger partial charge in [-0.25, -0.2) is 0 Å². The van der Waals surface area contributed by atoms with Gasteiger partial charge in [0.1, 0.15) is 6.10 Å². The molecule has 5 atom stereocenters. The lowest BCUT2D eigenvalue weighted by Gasteiger charge is -2.40. The van der Waals surface area contributed by atoms with Crippen LogP contribution in [-0.4, -0.2) is 65.6 Å². The monoisotopic (exact) mass is 429 g/mol. The van der Waals surface area contributed by atoms with E-state index in [9.17, 15) is 20.1 Å². The lowest BCUT2D eigenvalue weighted by atomic mass is 9.88. The van der Waals surface area contributed by atoms with E-state index in [-0.39, 0.29) is 31.6 Å². The van der Waals surface area contributed by atoms with Gasteiger partial charge in [0.05, 0.1) is 25.4 Å². The predicted octanol–water partition coefficient (Wildman–Crippen LogP) is 1.42. The Balaban J connectivity index is 1.51. The highest BCUT2D eigenvalue weighted by Gasteiger charge is 2.42. The van der Waals surface area contributed by atoms with Crippen molar-refractivity contribution >= 4 is 5.91 Å². The molecule has 1 heterocycles. The van der Waals surface area contributed by atoms with Crippen LogP contribution in [0.1, 0.15) is 30.4 Å². The number of hydrogen-bond donors (Lipinski definition) is 4. The first-order chi connectivity index (χ1) is 15.0. The summed E-state index contributed by atoms with van der Waals surface area (Å²) in [4.78, 5) is 12.6. The Morgan fingerprint density at radius 3 is 2.16 bits per heavy atom. The van der Waals surface area contributed by atoms with Gasteiger partial charge in [-0.3, -0.25) is 4.79 Å². The fourth-order valence-electron chi connectivity index (χ4n) is 3.84. The molecule has 2 unspecified atom stereocenters. The smallest absolute Gasteiger partial charge is 0.221 e. The number of carbonyl (C=O) groups excluding carboxylic acids is 1. The summed E-state index contributed by atoms with van der Waals surface area (Å²) in [5.74, 6) is -0.588. The standard InChI is InChI=1S/C24H31NO6/c1-16-20(15-26)31-24(23(29)22(16)28)30-13-12-25-21(27)14-19(17-8-4-2-5-9-17)18-10-6-3-7-11-18/h2-11,16,19-20,22-24,26,28-29H,12-15H2,1H3,(H,25,27)/t16-,20?,22?,23+,24+/m1/s1. The zero-order valence-electron chi connectivity index (χ0n) is 17.6. The van der Waals surface area contributed by atoms with Crippen molar-refractivity contribution in [2.24, 2.45) is 5.92 Å². The number of aliphatic hydroxyl groups excluding tert-OH is 3. The average Bonchev–Trinajstić information content (AvgIpc) is 2.81. The SMILES string of the molecule is C[C@@H]1C(CO)O[C@H](OCCNC(=O)CC(c2ccccc2)c2ccccc2)[C@@H](O)C1O. The normalized spacial score (nSPS) is 26.0. The number of amides is 1. The van der Waals surface area contributed by atoms with Gasteiger partial charge < -0.3 is 30.1 Å². The first-order valence-corrected chi connectivity index (χ1v) is 10.6. The Labute approximate surface area is 182 Å². The highest BCUT2D eigenvalue weighted by Crippen LogP contribution is 2.28. The molecular weight excluding hydrogens is 398 g/mol. The fourth-order valence-corrected chi connectivity index (χ4v) is 3.84. The Morgan fingerprint density at radius 2 is 1.61 bits per heavy atom. The van der Waals surface area contributed by atoms with Crippen LogP contribution in [0, 0.1) is 5.92 Å². The summed E-state index contributed by atoms with van der Waals surface area (Å²) in [6.07, 6.45) is -3.64. The molecule has 4 N–H and O–H groups in total. The number of rotatable bonds is 9. The van der Waals surface area contributed by atoms with Crippen LogP contribution < -0.4 is 5.32 Å². The maximum atomic E-state index is 12.6. The van der Waals surface area contributed by atoms with Crippen LogP contribution >= 0.6 is 0 Å². The third-order valence-electron chi connectivity index (χ3n) is 5.74. The topological polar surface area (TPSA) is 108 Å². The fraction of sp³-hybridized carbons (Fsp3) is 0.458. The van der Waals surface area contributed by atoms with Gasteiger partial charge in [0.15, 0.2) is 6.29 Å². The molecule has 31 heavy (non-hydrogen) atoms. The molecule has 1 saturated heterocycles. The zero-order valence-corrected chi connectivity index (χ0v) is 17.6. The largest absolute Gasteiger partial charge is 0.394 e. The van der Waals surface area contributed by atoms with Gasteiger partial charge in [0.2, 0.25) is 5.91 Å². The second-order valence-electron chi connectivity index (χ2n) is 7.86. The third-order valence-corrected chi connectivity index (χ3v) is 5.74. The number of hydrogen-bond acceptors (Lipinski definition) is 6. The van der Waals surface area contributed by atoms with Crippen molar-refractivity contribution in [1.29, 1.82) is 0 Å². The van der Waals surface area contributed by atoms with Gasteiger partial charge in [-0.05, 0) is 11.1 Å². The molecule has 7 nitrogen and oxygen atoms in total. The molecule has 0 spiro atoms. The van der Waals surface area contributed by atoms with E-state index >= 15 is 0 Å². The average molecular weight is 430 g/mol. The molecule has 168 valence electrons. The van der Waals surface area contributed by atoms with Crippen LogP contribution in [0.3, 0.4) is 0 Å². The van der Waals surface area contributed by atoms with Gasteiger partial charge in [-0.15, -0.1) is 0 Å².